The Hall–Kier alpha value is -0.190. The summed E-state index contributed by atoms with van der Waals surface area (Å²) in [5.74, 6) is 0.143. The van der Waals surface area contributed by atoms with E-state index in [0.29, 0.717) is 0 Å². The third-order valence-corrected chi connectivity index (χ3v) is 2.55. The number of hydrogen-bond donors (Lipinski definition) is 0. The lowest BCUT2D eigenvalue weighted by atomic mass is 10.3. The second-order valence-corrected chi connectivity index (χ2v) is 4.03. The van der Waals surface area contributed by atoms with E-state index >= 15 is 0 Å². The average Bonchev–Trinajstić information content (AvgIpc) is 2.13. The predicted octanol–water partition coefficient (Wildman–Crippen LogP) is 1.44. The Bertz CT molecular complexity index is 242. The standard InChI is InChI=1S/C6H8O2S2/c1-5-2-6(3-9-5)4-10(7)8/h2-3H,4H2,1H3,(H,7,8)/p-1. The zero-order valence-electron chi connectivity index (χ0n) is 5.49. The van der Waals surface area contributed by atoms with E-state index in [9.17, 15) is 8.76 Å². The fourth-order valence-electron chi connectivity index (χ4n) is 0.710. The molecule has 0 fully saturated rings. The van der Waals surface area contributed by atoms with Crippen LogP contribution >= 0.6 is 11.3 Å². The molecule has 0 amide bonds. The second-order valence-electron chi connectivity index (χ2n) is 2.01. The maximum Gasteiger partial charge on any atom is 0.0361 e. The summed E-state index contributed by atoms with van der Waals surface area (Å²) in [5, 5.41) is 1.87. The zero-order valence-corrected chi connectivity index (χ0v) is 7.13. The molecule has 0 aliphatic heterocycles. The SMILES string of the molecule is Cc1cc(CS(=O)[O-])cs1. The Kier molecular flexibility index (Phi) is 2.59. The minimum Gasteiger partial charge on any atom is -0.772 e. The van der Waals surface area contributed by atoms with E-state index in [1.165, 1.54) is 0 Å². The van der Waals surface area contributed by atoms with Gasteiger partial charge in [0.1, 0.15) is 0 Å². The van der Waals surface area contributed by atoms with Gasteiger partial charge >= 0.3 is 0 Å². The maximum atomic E-state index is 10.2. The van der Waals surface area contributed by atoms with Crippen molar-refractivity contribution in [1.82, 2.24) is 0 Å². The largest absolute Gasteiger partial charge is 0.772 e. The molecule has 2 nitrogen and oxygen atoms in total. The molecule has 4 heteroatoms. The predicted molar refractivity (Wildman–Crippen MR) is 41.7 cm³/mol. The molecule has 10 heavy (non-hydrogen) atoms. The van der Waals surface area contributed by atoms with E-state index in [0.717, 1.165) is 10.4 Å². The molecular formula is C6H7O2S2-. The highest BCUT2D eigenvalue weighted by Crippen LogP contribution is 2.13. The normalized spacial score (nSPS) is 13.4. The van der Waals surface area contributed by atoms with Gasteiger partial charge in [0.25, 0.3) is 0 Å². The summed E-state index contributed by atoms with van der Waals surface area (Å²) in [7, 11) is 0. The zero-order chi connectivity index (χ0) is 7.56. The second kappa shape index (κ2) is 3.27. The summed E-state index contributed by atoms with van der Waals surface area (Å²) < 4.78 is 20.4. The van der Waals surface area contributed by atoms with Crippen molar-refractivity contribution in [3.63, 3.8) is 0 Å². The first-order valence-electron chi connectivity index (χ1n) is 2.78. The summed E-state index contributed by atoms with van der Waals surface area (Å²) in [6.45, 7) is 1.96. The Labute approximate surface area is 66.2 Å². The first-order valence-corrected chi connectivity index (χ1v) is 4.91. The summed E-state index contributed by atoms with van der Waals surface area (Å²) >= 11 is -0.373. The van der Waals surface area contributed by atoms with Gasteiger partial charge < -0.3 is 4.55 Å². The molecule has 0 aliphatic carbocycles. The number of aryl methyl sites for hydroxylation is 1. The van der Waals surface area contributed by atoms with E-state index < -0.39 is 11.1 Å². The van der Waals surface area contributed by atoms with E-state index in [1.54, 1.807) is 11.3 Å². The monoisotopic (exact) mass is 175 g/mol. The smallest absolute Gasteiger partial charge is 0.0361 e. The first kappa shape index (κ1) is 7.91. The molecule has 1 rings (SSSR count). The van der Waals surface area contributed by atoms with Gasteiger partial charge in [-0.1, -0.05) is 11.1 Å². The van der Waals surface area contributed by atoms with Crippen LogP contribution in [0, 0.1) is 6.92 Å². The molecule has 1 atom stereocenters. The van der Waals surface area contributed by atoms with Crippen LogP contribution in [-0.4, -0.2) is 8.76 Å². The van der Waals surface area contributed by atoms with Crippen LogP contribution in [0.15, 0.2) is 11.4 Å². The molecule has 1 aromatic heterocycles. The van der Waals surface area contributed by atoms with Crippen LogP contribution in [0.3, 0.4) is 0 Å². The van der Waals surface area contributed by atoms with Crippen molar-refractivity contribution in [2.75, 3.05) is 0 Å². The molecule has 1 aromatic rings. The number of hydrogen-bond acceptors (Lipinski definition) is 3. The summed E-state index contributed by atoms with van der Waals surface area (Å²) in [6.07, 6.45) is 0. The van der Waals surface area contributed by atoms with Crippen LogP contribution in [0.5, 0.6) is 0 Å². The van der Waals surface area contributed by atoms with Crippen molar-refractivity contribution in [2.45, 2.75) is 12.7 Å². The Morgan fingerprint density at radius 3 is 2.90 bits per heavy atom. The van der Waals surface area contributed by atoms with Crippen LogP contribution in [0.25, 0.3) is 0 Å². The molecule has 56 valence electrons. The molecule has 1 unspecified atom stereocenters. The summed E-state index contributed by atoms with van der Waals surface area (Å²) in [6, 6.07) is 1.89. The molecular weight excluding hydrogens is 168 g/mol. The Morgan fingerprint density at radius 2 is 2.50 bits per heavy atom. The van der Waals surface area contributed by atoms with Gasteiger partial charge in [-0.05, 0) is 23.9 Å². The van der Waals surface area contributed by atoms with E-state index in [1.807, 2.05) is 18.4 Å². The lowest BCUT2D eigenvalue weighted by Crippen LogP contribution is -1.90. The fourth-order valence-corrected chi connectivity index (χ4v) is 1.96. The number of thiophene rings is 1. The third kappa shape index (κ3) is 2.21. The van der Waals surface area contributed by atoms with Crippen molar-refractivity contribution in [3.8, 4) is 0 Å². The summed E-state index contributed by atoms with van der Waals surface area (Å²) in [4.78, 5) is 1.15. The first-order chi connectivity index (χ1) is 4.68. The van der Waals surface area contributed by atoms with Crippen LogP contribution in [-0.2, 0) is 16.8 Å². The van der Waals surface area contributed by atoms with Gasteiger partial charge in [0.05, 0.1) is 0 Å². The molecule has 0 N–H and O–H groups in total. The number of rotatable bonds is 2. The molecule has 0 saturated carbocycles. The molecule has 1 heterocycles. The van der Waals surface area contributed by atoms with Crippen molar-refractivity contribution >= 4 is 22.4 Å². The summed E-state index contributed by atoms with van der Waals surface area (Å²) in [5.41, 5.74) is 0.885. The maximum absolute atomic E-state index is 10.2. The third-order valence-electron chi connectivity index (χ3n) is 1.07. The molecule has 0 bridgehead atoms. The highest BCUT2D eigenvalue weighted by Gasteiger charge is 1.94. The van der Waals surface area contributed by atoms with Crippen molar-refractivity contribution in [2.24, 2.45) is 0 Å². The fraction of sp³-hybridized carbons (Fsp3) is 0.333. The lowest BCUT2D eigenvalue weighted by molar-refractivity contribution is 0.536. The minimum absolute atomic E-state index is 0.143. The van der Waals surface area contributed by atoms with E-state index in [-0.39, 0.29) is 5.75 Å². The minimum atomic E-state index is -1.95. The van der Waals surface area contributed by atoms with Gasteiger partial charge in [0.2, 0.25) is 0 Å². The van der Waals surface area contributed by atoms with Gasteiger partial charge in [-0.3, -0.25) is 4.21 Å². The molecule has 0 spiro atoms. The molecule has 0 radical (unpaired) electrons. The van der Waals surface area contributed by atoms with E-state index in [4.69, 9.17) is 0 Å². The highest BCUT2D eigenvalue weighted by atomic mass is 32.2. The molecule has 0 saturated heterocycles. The van der Waals surface area contributed by atoms with Gasteiger partial charge in [-0.25, -0.2) is 0 Å². The highest BCUT2D eigenvalue weighted by molar-refractivity contribution is 7.78. The average molecular weight is 175 g/mol. The Balaban J connectivity index is 2.67. The van der Waals surface area contributed by atoms with Crippen LogP contribution in [0.2, 0.25) is 0 Å². The van der Waals surface area contributed by atoms with Crippen LogP contribution in [0.4, 0.5) is 0 Å². The van der Waals surface area contributed by atoms with E-state index in [2.05, 4.69) is 0 Å². The van der Waals surface area contributed by atoms with Gasteiger partial charge in [0.15, 0.2) is 0 Å². The Morgan fingerprint density at radius 1 is 1.80 bits per heavy atom. The van der Waals surface area contributed by atoms with Crippen molar-refractivity contribution in [3.05, 3.63) is 21.9 Å². The lowest BCUT2D eigenvalue weighted by Gasteiger charge is -2.00. The van der Waals surface area contributed by atoms with Crippen LogP contribution < -0.4 is 0 Å². The van der Waals surface area contributed by atoms with Gasteiger partial charge in [-0.15, -0.1) is 11.3 Å². The molecule has 0 aromatic carbocycles. The van der Waals surface area contributed by atoms with Gasteiger partial charge in [0, 0.05) is 10.6 Å². The molecule has 0 aliphatic rings. The van der Waals surface area contributed by atoms with Crippen molar-refractivity contribution in [1.29, 1.82) is 0 Å². The van der Waals surface area contributed by atoms with Crippen molar-refractivity contribution < 1.29 is 8.76 Å². The van der Waals surface area contributed by atoms with Crippen LogP contribution in [0.1, 0.15) is 10.4 Å². The van der Waals surface area contributed by atoms with Gasteiger partial charge in [-0.2, -0.15) is 0 Å². The quantitative estimate of drug-likeness (QED) is 0.638. The topological polar surface area (TPSA) is 40.1 Å².